The van der Waals surface area contributed by atoms with E-state index in [1.54, 1.807) is 4.57 Å². The van der Waals surface area contributed by atoms with E-state index in [9.17, 15) is 23.3 Å². The number of imidazole rings is 1. The number of nitrogens with one attached hydrogen (secondary N) is 1. The summed E-state index contributed by atoms with van der Waals surface area (Å²) in [6.07, 6.45) is -3.66. The number of halogens is 3. The molecule has 0 saturated heterocycles. The Morgan fingerprint density at radius 1 is 1.36 bits per heavy atom. The van der Waals surface area contributed by atoms with E-state index in [0.29, 0.717) is 24.6 Å². The number of rotatable bonds is 5. The first-order valence-electron chi connectivity index (χ1n) is 7.22. The summed E-state index contributed by atoms with van der Waals surface area (Å²) in [5.74, 6) is -0.144. The second kappa shape index (κ2) is 6.59. The summed E-state index contributed by atoms with van der Waals surface area (Å²) in [6, 6.07) is 5.38. The van der Waals surface area contributed by atoms with Crippen molar-refractivity contribution in [2.75, 3.05) is 11.9 Å². The molecule has 0 aliphatic carbocycles. The van der Waals surface area contributed by atoms with Crippen molar-refractivity contribution in [2.24, 2.45) is 0 Å². The lowest BCUT2D eigenvalue weighted by Gasteiger charge is -2.23. The van der Waals surface area contributed by atoms with Gasteiger partial charge >= 0.3 is 18.1 Å². The van der Waals surface area contributed by atoms with Gasteiger partial charge in [-0.2, -0.15) is 0 Å². The van der Waals surface area contributed by atoms with E-state index in [1.807, 2.05) is 0 Å². The summed E-state index contributed by atoms with van der Waals surface area (Å²) in [6.45, 7) is 0.993. The molecule has 3 rings (SSSR count). The number of aromatic nitrogens is 2. The van der Waals surface area contributed by atoms with Crippen molar-refractivity contribution >= 4 is 11.8 Å². The fourth-order valence-electron chi connectivity index (χ4n) is 2.37. The van der Waals surface area contributed by atoms with Gasteiger partial charge in [0.05, 0.1) is 19.3 Å². The summed E-state index contributed by atoms with van der Waals surface area (Å²) < 4.78 is 47.4. The van der Waals surface area contributed by atoms with Gasteiger partial charge in [0, 0.05) is 11.5 Å². The zero-order chi connectivity index (χ0) is 18.0. The Morgan fingerprint density at radius 3 is 2.72 bits per heavy atom. The molecule has 1 N–H and O–H groups in total. The lowest BCUT2D eigenvalue weighted by molar-refractivity contribution is -0.389. The van der Waals surface area contributed by atoms with Gasteiger partial charge in [-0.3, -0.25) is 4.57 Å². The van der Waals surface area contributed by atoms with E-state index >= 15 is 0 Å². The standard InChI is InChI=1S/C14H13F3N4O4/c15-14(16,17)25-10-3-1-9(2-4-10)8-24-11-5-18-13-19-12(21(22)23)7-20(13)6-11/h1-4,7,11H,5-6,8H2,(H,18,19)/t11-/m1/s1. The Labute approximate surface area is 139 Å². The zero-order valence-corrected chi connectivity index (χ0v) is 12.7. The van der Waals surface area contributed by atoms with Gasteiger partial charge in [0.25, 0.3) is 0 Å². The van der Waals surface area contributed by atoms with Gasteiger partial charge in [-0.1, -0.05) is 12.1 Å². The lowest BCUT2D eigenvalue weighted by atomic mass is 10.2. The largest absolute Gasteiger partial charge is 0.573 e. The van der Waals surface area contributed by atoms with E-state index < -0.39 is 11.3 Å². The minimum atomic E-state index is -4.73. The van der Waals surface area contributed by atoms with Gasteiger partial charge in [0.2, 0.25) is 0 Å². The molecule has 134 valence electrons. The summed E-state index contributed by atoms with van der Waals surface area (Å²) in [4.78, 5) is 14.0. The average Bonchev–Trinajstić information content (AvgIpc) is 2.96. The molecule has 0 radical (unpaired) electrons. The number of fused-ring (bicyclic) bond motifs is 1. The van der Waals surface area contributed by atoms with E-state index in [4.69, 9.17) is 4.74 Å². The van der Waals surface area contributed by atoms with Crippen LogP contribution >= 0.6 is 0 Å². The third-order valence-corrected chi connectivity index (χ3v) is 3.48. The normalized spacial score (nSPS) is 16.8. The highest BCUT2D eigenvalue weighted by atomic mass is 19.4. The van der Waals surface area contributed by atoms with Gasteiger partial charge in [0.15, 0.2) is 0 Å². The fraction of sp³-hybridized carbons (Fsp3) is 0.357. The van der Waals surface area contributed by atoms with E-state index in [2.05, 4.69) is 15.0 Å². The van der Waals surface area contributed by atoms with Gasteiger partial charge in [-0.25, -0.2) is 0 Å². The average molecular weight is 358 g/mol. The number of hydrogen-bond acceptors (Lipinski definition) is 6. The van der Waals surface area contributed by atoms with Crippen LogP contribution in [0.15, 0.2) is 30.5 Å². The fourth-order valence-corrected chi connectivity index (χ4v) is 2.37. The molecule has 11 heteroatoms. The molecule has 1 aliphatic heterocycles. The summed E-state index contributed by atoms with van der Waals surface area (Å²) in [5, 5.41) is 13.7. The number of nitro groups is 1. The molecular weight excluding hydrogens is 345 g/mol. The first kappa shape index (κ1) is 17.0. The first-order valence-corrected chi connectivity index (χ1v) is 7.22. The minimum absolute atomic E-state index is 0.185. The smallest absolute Gasteiger partial charge is 0.406 e. The van der Waals surface area contributed by atoms with E-state index in [0.717, 1.165) is 0 Å². The molecule has 0 fully saturated rings. The first-order chi connectivity index (χ1) is 11.8. The molecule has 25 heavy (non-hydrogen) atoms. The molecule has 2 heterocycles. The van der Waals surface area contributed by atoms with Crippen LogP contribution in [0.3, 0.4) is 0 Å². The SMILES string of the molecule is O=[N+]([O-])c1cn2c(n1)NC[C@@H](OCc1ccc(OC(F)(F)F)cc1)C2. The Kier molecular flexibility index (Phi) is 4.49. The Balaban J connectivity index is 1.54. The Hall–Kier alpha value is -2.82. The van der Waals surface area contributed by atoms with Crippen LogP contribution in [-0.2, 0) is 17.9 Å². The molecule has 0 saturated carbocycles. The van der Waals surface area contributed by atoms with Gasteiger partial charge in [-0.05, 0) is 22.6 Å². The highest BCUT2D eigenvalue weighted by Crippen LogP contribution is 2.24. The molecule has 1 atom stereocenters. The van der Waals surface area contributed by atoms with Crippen LogP contribution in [0.1, 0.15) is 5.56 Å². The molecule has 0 bridgehead atoms. The molecule has 1 aromatic heterocycles. The van der Waals surface area contributed by atoms with Crippen LogP contribution in [0.2, 0.25) is 0 Å². The van der Waals surface area contributed by atoms with Crippen molar-refractivity contribution in [2.45, 2.75) is 25.6 Å². The second-order valence-electron chi connectivity index (χ2n) is 5.34. The maximum atomic E-state index is 12.1. The maximum Gasteiger partial charge on any atom is 0.573 e. The molecule has 0 spiro atoms. The van der Waals surface area contributed by atoms with Crippen LogP contribution < -0.4 is 10.1 Å². The van der Waals surface area contributed by atoms with Crippen LogP contribution in [0.5, 0.6) is 5.75 Å². The molecule has 1 aliphatic rings. The van der Waals surface area contributed by atoms with Crippen molar-refractivity contribution in [1.29, 1.82) is 0 Å². The van der Waals surface area contributed by atoms with Crippen molar-refractivity contribution in [3.05, 3.63) is 46.1 Å². The highest BCUT2D eigenvalue weighted by Gasteiger charge is 2.31. The minimum Gasteiger partial charge on any atom is -0.406 e. The molecular formula is C14H13F3N4O4. The molecule has 8 nitrogen and oxygen atoms in total. The Morgan fingerprint density at radius 2 is 2.08 bits per heavy atom. The number of nitrogens with zero attached hydrogens (tertiary/aromatic N) is 3. The third-order valence-electron chi connectivity index (χ3n) is 3.48. The van der Waals surface area contributed by atoms with Crippen LogP contribution in [0.4, 0.5) is 24.9 Å². The van der Waals surface area contributed by atoms with Gasteiger partial charge in [0.1, 0.15) is 11.9 Å². The highest BCUT2D eigenvalue weighted by molar-refractivity contribution is 5.36. The van der Waals surface area contributed by atoms with Crippen LogP contribution in [-0.4, -0.2) is 33.5 Å². The summed E-state index contributed by atoms with van der Waals surface area (Å²) in [7, 11) is 0. The van der Waals surface area contributed by atoms with Crippen molar-refractivity contribution < 1.29 is 27.6 Å². The predicted molar refractivity (Wildman–Crippen MR) is 79.1 cm³/mol. The Bertz CT molecular complexity index is 760. The number of anilines is 1. The quantitative estimate of drug-likeness (QED) is 0.653. The number of benzene rings is 1. The van der Waals surface area contributed by atoms with E-state index in [-0.39, 0.29) is 24.3 Å². The maximum absolute atomic E-state index is 12.1. The third kappa shape index (κ3) is 4.38. The van der Waals surface area contributed by atoms with Crippen molar-refractivity contribution in [1.82, 2.24) is 9.55 Å². The molecule has 0 unspecified atom stereocenters. The predicted octanol–water partition coefficient (Wildman–Crippen LogP) is 2.70. The van der Waals surface area contributed by atoms with Crippen LogP contribution in [0, 0.1) is 10.1 Å². The second-order valence-corrected chi connectivity index (χ2v) is 5.34. The van der Waals surface area contributed by atoms with Crippen LogP contribution in [0.25, 0.3) is 0 Å². The number of alkyl halides is 3. The van der Waals surface area contributed by atoms with Gasteiger partial charge in [-0.15, -0.1) is 13.2 Å². The number of hydrogen-bond donors (Lipinski definition) is 1. The molecule has 2 aromatic rings. The molecule has 1 aromatic carbocycles. The van der Waals surface area contributed by atoms with E-state index in [1.165, 1.54) is 30.5 Å². The monoisotopic (exact) mass is 358 g/mol. The molecule has 0 amide bonds. The topological polar surface area (TPSA) is 91.5 Å². The number of ether oxygens (including phenoxy) is 2. The lowest BCUT2D eigenvalue weighted by Crippen LogP contribution is -2.33. The van der Waals surface area contributed by atoms with Crippen molar-refractivity contribution in [3.8, 4) is 5.75 Å². The van der Waals surface area contributed by atoms with Crippen molar-refractivity contribution in [3.63, 3.8) is 0 Å². The zero-order valence-electron chi connectivity index (χ0n) is 12.7. The van der Waals surface area contributed by atoms with Gasteiger partial charge < -0.3 is 24.9 Å². The summed E-state index contributed by atoms with van der Waals surface area (Å²) >= 11 is 0. The summed E-state index contributed by atoms with van der Waals surface area (Å²) in [5.41, 5.74) is 0.678.